The third-order valence-corrected chi connectivity index (χ3v) is 11.2. The Morgan fingerprint density at radius 3 is 2.69 bits per heavy atom. The number of methoxy groups -OCH3 is 1. The number of likely N-dealkylation sites (N-methyl/N-ethyl adjacent to an activating group) is 1. The van der Waals surface area contributed by atoms with E-state index >= 15 is 0 Å². The SMILES string of the molecule is CO[C@]12CC[C@@]3(C[C@@H]1C(C)(C)O)C1Cc4ccc(O)c5c4[C@@]3(CC[N@+]1(C)CC1CC1)C2O5. The molecule has 2 aliphatic heterocycles. The van der Waals surface area contributed by atoms with Crippen molar-refractivity contribution in [3.8, 4) is 11.5 Å². The highest BCUT2D eigenvalue weighted by Gasteiger charge is 2.84. The minimum absolute atomic E-state index is 0.0138. The number of likely N-dealkylation sites (tertiary alicyclic amines) is 1. The van der Waals surface area contributed by atoms with E-state index < -0.39 is 11.2 Å². The lowest BCUT2D eigenvalue weighted by Gasteiger charge is -2.75. The number of piperidine rings is 1. The number of quaternary nitrogens is 1. The lowest BCUT2D eigenvalue weighted by Crippen LogP contribution is -2.84. The van der Waals surface area contributed by atoms with Crippen LogP contribution < -0.4 is 4.74 Å². The van der Waals surface area contributed by atoms with E-state index in [0.717, 1.165) is 42.5 Å². The van der Waals surface area contributed by atoms with Crippen LogP contribution >= 0.6 is 0 Å². The largest absolute Gasteiger partial charge is 0.504 e. The van der Waals surface area contributed by atoms with Crippen molar-refractivity contribution in [2.45, 2.75) is 87.6 Å². The zero-order chi connectivity index (χ0) is 22.3. The fourth-order valence-electron chi connectivity index (χ4n) is 9.94. The van der Waals surface area contributed by atoms with Gasteiger partial charge >= 0.3 is 0 Å². The summed E-state index contributed by atoms with van der Waals surface area (Å²) < 4.78 is 14.4. The number of aromatic hydroxyl groups is 1. The van der Waals surface area contributed by atoms with Gasteiger partial charge in [-0.25, -0.2) is 0 Å². The Morgan fingerprint density at radius 2 is 2.00 bits per heavy atom. The highest BCUT2D eigenvalue weighted by Crippen LogP contribution is 2.78. The van der Waals surface area contributed by atoms with Crippen molar-refractivity contribution in [3.63, 3.8) is 0 Å². The smallest absolute Gasteiger partial charge is 0.165 e. The van der Waals surface area contributed by atoms with Gasteiger partial charge in [0.1, 0.15) is 11.7 Å². The fraction of sp³-hybridized carbons (Fsp3) is 0.778. The van der Waals surface area contributed by atoms with Gasteiger partial charge in [-0.3, -0.25) is 0 Å². The Balaban J connectivity index is 1.51. The first kappa shape index (κ1) is 20.1. The summed E-state index contributed by atoms with van der Waals surface area (Å²) in [5.41, 5.74) is 1.27. The van der Waals surface area contributed by atoms with Crippen molar-refractivity contribution < 1.29 is 24.2 Å². The summed E-state index contributed by atoms with van der Waals surface area (Å²) in [4.78, 5) is 0. The summed E-state index contributed by atoms with van der Waals surface area (Å²) >= 11 is 0. The van der Waals surface area contributed by atoms with E-state index in [0.29, 0.717) is 11.8 Å². The van der Waals surface area contributed by atoms with Gasteiger partial charge in [-0.2, -0.15) is 0 Å². The zero-order valence-corrected chi connectivity index (χ0v) is 20.0. The second-order valence-electron chi connectivity index (χ2n) is 12.9. The molecule has 5 nitrogen and oxygen atoms in total. The van der Waals surface area contributed by atoms with Crippen molar-refractivity contribution in [1.29, 1.82) is 0 Å². The van der Waals surface area contributed by atoms with Crippen molar-refractivity contribution in [2.24, 2.45) is 17.3 Å². The highest BCUT2D eigenvalue weighted by atomic mass is 16.6. The maximum Gasteiger partial charge on any atom is 0.165 e. The van der Waals surface area contributed by atoms with Gasteiger partial charge in [0.25, 0.3) is 0 Å². The summed E-state index contributed by atoms with van der Waals surface area (Å²) in [7, 11) is 4.34. The van der Waals surface area contributed by atoms with E-state index in [9.17, 15) is 10.2 Å². The predicted molar refractivity (Wildman–Crippen MR) is 121 cm³/mol. The Morgan fingerprint density at radius 1 is 1.22 bits per heavy atom. The first-order valence-corrected chi connectivity index (χ1v) is 12.8. The molecule has 1 aromatic rings. The monoisotopic (exact) mass is 440 g/mol. The van der Waals surface area contributed by atoms with Crippen LogP contribution in [0.25, 0.3) is 0 Å². The maximum absolute atomic E-state index is 11.4. The Hall–Kier alpha value is -1.30. The Bertz CT molecular complexity index is 1010. The molecule has 2 N–H and O–H groups in total. The number of hydrogen-bond donors (Lipinski definition) is 2. The standard InChI is InChI=1S/C27H37NO4/c1-24(2,30)19-14-25-9-10-27(19,31-4)23-26(25)11-12-28(3,15-16-5-6-16)20(25)13-17-7-8-18(29)22(32-23)21(17)26/h7-8,16,19-20,23,30H,5-6,9-15H2,1-4H3/p+1/t19-,20?,23?,25-,26+,27-,28-/m1/s1. The molecule has 7 atom stereocenters. The number of fused-ring (bicyclic) bond motifs is 2. The molecule has 5 aliphatic carbocycles. The molecule has 1 saturated heterocycles. The van der Waals surface area contributed by atoms with Gasteiger partial charge in [-0.15, -0.1) is 0 Å². The number of phenols is 1. The van der Waals surface area contributed by atoms with Crippen LogP contribution in [0.5, 0.6) is 11.5 Å². The fourth-order valence-corrected chi connectivity index (χ4v) is 9.94. The highest BCUT2D eigenvalue weighted by molar-refractivity contribution is 5.63. The minimum atomic E-state index is -0.848. The van der Waals surface area contributed by atoms with Crippen LogP contribution in [0.1, 0.15) is 63.5 Å². The van der Waals surface area contributed by atoms with E-state index in [1.165, 1.54) is 37.1 Å². The Labute approximate surface area is 191 Å². The minimum Gasteiger partial charge on any atom is -0.504 e. The molecule has 5 fully saturated rings. The lowest BCUT2D eigenvalue weighted by atomic mass is 9.33. The molecule has 8 rings (SSSR count). The number of benzene rings is 1. The number of hydrogen-bond acceptors (Lipinski definition) is 4. The van der Waals surface area contributed by atoms with Crippen LogP contribution in [0, 0.1) is 17.3 Å². The van der Waals surface area contributed by atoms with Crippen LogP contribution in [-0.2, 0) is 16.6 Å². The molecule has 1 aromatic carbocycles. The van der Waals surface area contributed by atoms with Gasteiger partial charge < -0.3 is 24.2 Å². The second kappa shape index (κ2) is 5.67. The predicted octanol–water partition coefficient (Wildman–Crippen LogP) is 3.53. The number of nitrogens with zero attached hydrogens (tertiary/aromatic N) is 1. The first-order valence-electron chi connectivity index (χ1n) is 12.8. The van der Waals surface area contributed by atoms with Gasteiger partial charge in [0.05, 0.1) is 37.2 Å². The normalized spacial score (nSPS) is 47.8. The van der Waals surface area contributed by atoms with E-state index in [2.05, 4.69) is 13.1 Å². The molecular formula is C27H38NO4+. The summed E-state index contributed by atoms with van der Waals surface area (Å²) in [5, 5.41) is 22.3. The van der Waals surface area contributed by atoms with Crippen molar-refractivity contribution >= 4 is 0 Å². The molecule has 4 saturated carbocycles. The van der Waals surface area contributed by atoms with E-state index in [1.54, 1.807) is 0 Å². The van der Waals surface area contributed by atoms with Crippen LogP contribution in [0.2, 0.25) is 0 Å². The second-order valence-corrected chi connectivity index (χ2v) is 12.9. The van der Waals surface area contributed by atoms with E-state index in [4.69, 9.17) is 9.47 Å². The molecule has 0 radical (unpaired) electrons. The van der Waals surface area contributed by atoms with Gasteiger partial charge in [0, 0.05) is 42.8 Å². The third-order valence-electron chi connectivity index (χ3n) is 11.2. The number of phenolic OH excluding ortho intramolecular Hbond substituents is 1. The molecule has 7 aliphatic rings. The molecule has 2 heterocycles. The molecule has 2 unspecified atom stereocenters. The zero-order valence-electron chi connectivity index (χ0n) is 20.0. The molecule has 0 aromatic heterocycles. The van der Waals surface area contributed by atoms with Crippen LogP contribution in [-0.4, -0.2) is 65.3 Å². The van der Waals surface area contributed by atoms with Crippen molar-refractivity contribution in [2.75, 3.05) is 27.2 Å². The lowest BCUT2D eigenvalue weighted by molar-refractivity contribution is -0.952. The van der Waals surface area contributed by atoms with E-state index in [-0.39, 0.29) is 28.6 Å². The molecule has 4 bridgehead atoms. The molecule has 2 spiro atoms. The van der Waals surface area contributed by atoms with Crippen molar-refractivity contribution in [1.82, 2.24) is 0 Å². The van der Waals surface area contributed by atoms with Gasteiger partial charge in [-0.1, -0.05) is 6.07 Å². The summed E-state index contributed by atoms with van der Waals surface area (Å²) in [6.45, 7) is 6.38. The topological polar surface area (TPSA) is 58.9 Å². The average Bonchev–Trinajstić information content (AvgIpc) is 3.47. The maximum atomic E-state index is 11.4. The molecule has 32 heavy (non-hydrogen) atoms. The summed E-state index contributed by atoms with van der Waals surface area (Å²) in [6.07, 6.45) is 7.82. The van der Waals surface area contributed by atoms with Crippen LogP contribution in [0.3, 0.4) is 0 Å². The summed E-state index contributed by atoms with van der Waals surface area (Å²) in [6, 6.07) is 4.55. The first-order chi connectivity index (χ1) is 15.1. The number of aliphatic hydroxyl groups is 1. The molecule has 174 valence electrons. The van der Waals surface area contributed by atoms with Crippen molar-refractivity contribution in [3.05, 3.63) is 23.3 Å². The van der Waals surface area contributed by atoms with Gasteiger partial charge in [0.2, 0.25) is 0 Å². The Kier molecular flexibility index (Phi) is 3.56. The number of ether oxygens (including phenoxy) is 2. The third kappa shape index (κ3) is 2.01. The average molecular weight is 441 g/mol. The van der Waals surface area contributed by atoms with E-state index in [1.807, 2.05) is 27.0 Å². The van der Waals surface area contributed by atoms with Gasteiger partial charge in [0.15, 0.2) is 11.5 Å². The molecule has 0 amide bonds. The molecular weight excluding hydrogens is 402 g/mol. The summed E-state index contributed by atoms with van der Waals surface area (Å²) in [5.74, 6) is 1.88. The molecule has 5 heteroatoms. The number of rotatable bonds is 4. The van der Waals surface area contributed by atoms with Crippen LogP contribution in [0.15, 0.2) is 12.1 Å². The van der Waals surface area contributed by atoms with Crippen LogP contribution in [0.4, 0.5) is 0 Å². The van der Waals surface area contributed by atoms with Gasteiger partial charge in [-0.05, 0) is 57.6 Å². The quantitative estimate of drug-likeness (QED) is 0.704.